The molecule has 1 rings (SSSR count). The van der Waals surface area contributed by atoms with Crippen molar-refractivity contribution in [2.75, 3.05) is 6.54 Å². The van der Waals surface area contributed by atoms with Gasteiger partial charge in [-0.05, 0) is 50.4 Å². The summed E-state index contributed by atoms with van der Waals surface area (Å²) < 4.78 is 26.9. The van der Waals surface area contributed by atoms with Crippen LogP contribution in [-0.2, 0) is 16.4 Å². The van der Waals surface area contributed by atoms with Crippen molar-refractivity contribution in [3.8, 4) is 0 Å². The van der Waals surface area contributed by atoms with Gasteiger partial charge in [-0.15, -0.1) is 0 Å². The minimum atomic E-state index is -3.39. The van der Waals surface area contributed by atoms with Gasteiger partial charge >= 0.3 is 0 Å². The average molecular weight is 284 g/mol. The van der Waals surface area contributed by atoms with Crippen LogP contribution in [0.3, 0.4) is 0 Å². The summed E-state index contributed by atoms with van der Waals surface area (Å²) in [6.07, 6.45) is 3.60. The molecule has 0 amide bonds. The second kappa shape index (κ2) is 7.62. The largest absolute Gasteiger partial charge is 0.330 e. The van der Waals surface area contributed by atoms with Gasteiger partial charge in [-0.2, -0.15) is 0 Å². The van der Waals surface area contributed by atoms with Gasteiger partial charge in [0.1, 0.15) is 0 Å². The molecular weight excluding hydrogens is 260 g/mol. The van der Waals surface area contributed by atoms with Crippen molar-refractivity contribution in [3.63, 3.8) is 0 Å². The summed E-state index contributed by atoms with van der Waals surface area (Å²) in [5.41, 5.74) is 6.57. The van der Waals surface area contributed by atoms with Gasteiger partial charge in [-0.1, -0.05) is 25.5 Å². The summed E-state index contributed by atoms with van der Waals surface area (Å²) in [6.45, 7) is 4.57. The Labute approximate surface area is 116 Å². The predicted octanol–water partition coefficient (Wildman–Crippen LogP) is 2.04. The molecule has 108 valence electrons. The van der Waals surface area contributed by atoms with E-state index in [-0.39, 0.29) is 6.04 Å². The van der Waals surface area contributed by atoms with E-state index in [2.05, 4.69) is 4.72 Å². The number of hydrogen-bond acceptors (Lipinski definition) is 3. The minimum Gasteiger partial charge on any atom is -0.330 e. The highest BCUT2D eigenvalue weighted by Gasteiger charge is 2.16. The van der Waals surface area contributed by atoms with Gasteiger partial charge in [0.2, 0.25) is 10.0 Å². The first kappa shape index (κ1) is 16.1. The molecule has 1 unspecified atom stereocenters. The zero-order valence-electron chi connectivity index (χ0n) is 11.7. The summed E-state index contributed by atoms with van der Waals surface area (Å²) >= 11 is 0. The van der Waals surface area contributed by atoms with E-state index >= 15 is 0 Å². The van der Waals surface area contributed by atoms with Crippen molar-refractivity contribution in [2.24, 2.45) is 5.73 Å². The first-order valence-corrected chi connectivity index (χ1v) is 8.29. The maximum Gasteiger partial charge on any atom is 0.240 e. The molecule has 0 aliphatic heterocycles. The Kier molecular flexibility index (Phi) is 6.48. The Morgan fingerprint density at radius 1 is 1.26 bits per heavy atom. The Morgan fingerprint density at radius 2 is 1.89 bits per heavy atom. The van der Waals surface area contributed by atoms with Crippen molar-refractivity contribution in [2.45, 2.75) is 50.5 Å². The molecule has 0 radical (unpaired) electrons. The topological polar surface area (TPSA) is 72.2 Å². The SMILES string of the molecule is CCCC(C)NS(=O)(=O)c1ccc(CCCN)cc1. The van der Waals surface area contributed by atoms with Crippen LogP contribution < -0.4 is 10.5 Å². The molecule has 19 heavy (non-hydrogen) atoms. The molecule has 0 fully saturated rings. The van der Waals surface area contributed by atoms with Gasteiger partial charge in [0.05, 0.1) is 4.90 Å². The molecule has 4 nitrogen and oxygen atoms in total. The second-order valence-electron chi connectivity index (χ2n) is 4.85. The highest BCUT2D eigenvalue weighted by Crippen LogP contribution is 2.13. The van der Waals surface area contributed by atoms with Gasteiger partial charge in [0.25, 0.3) is 0 Å². The Balaban J connectivity index is 2.73. The molecule has 0 bridgehead atoms. The lowest BCUT2D eigenvalue weighted by molar-refractivity contribution is 0.544. The summed E-state index contributed by atoms with van der Waals surface area (Å²) in [5, 5.41) is 0. The fourth-order valence-corrected chi connectivity index (χ4v) is 3.24. The Hall–Kier alpha value is -0.910. The van der Waals surface area contributed by atoms with Crippen LogP contribution in [0.4, 0.5) is 0 Å². The van der Waals surface area contributed by atoms with E-state index in [1.807, 2.05) is 26.0 Å². The summed E-state index contributed by atoms with van der Waals surface area (Å²) in [7, 11) is -3.39. The van der Waals surface area contributed by atoms with E-state index in [1.54, 1.807) is 12.1 Å². The molecule has 0 saturated heterocycles. The maximum absolute atomic E-state index is 12.1. The Morgan fingerprint density at radius 3 is 2.42 bits per heavy atom. The second-order valence-corrected chi connectivity index (χ2v) is 6.56. The van der Waals surface area contributed by atoms with Crippen LogP contribution in [0.25, 0.3) is 0 Å². The highest BCUT2D eigenvalue weighted by molar-refractivity contribution is 7.89. The number of aryl methyl sites for hydroxylation is 1. The summed E-state index contributed by atoms with van der Waals surface area (Å²) in [5.74, 6) is 0. The molecule has 3 N–H and O–H groups in total. The molecule has 1 aromatic rings. The average Bonchev–Trinajstić information content (AvgIpc) is 2.36. The zero-order chi connectivity index (χ0) is 14.3. The van der Waals surface area contributed by atoms with E-state index in [4.69, 9.17) is 5.73 Å². The third-order valence-electron chi connectivity index (χ3n) is 2.98. The smallest absolute Gasteiger partial charge is 0.240 e. The number of nitrogens with one attached hydrogen (secondary N) is 1. The molecule has 0 saturated carbocycles. The van der Waals surface area contributed by atoms with Gasteiger partial charge < -0.3 is 5.73 Å². The van der Waals surface area contributed by atoms with Gasteiger partial charge in [-0.25, -0.2) is 13.1 Å². The summed E-state index contributed by atoms with van der Waals surface area (Å²) in [4.78, 5) is 0.326. The van der Waals surface area contributed by atoms with Crippen molar-refractivity contribution >= 4 is 10.0 Å². The van der Waals surface area contributed by atoms with Crippen LogP contribution in [-0.4, -0.2) is 21.0 Å². The van der Waals surface area contributed by atoms with Crippen molar-refractivity contribution in [1.82, 2.24) is 4.72 Å². The van der Waals surface area contributed by atoms with Crippen molar-refractivity contribution in [1.29, 1.82) is 0 Å². The van der Waals surface area contributed by atoms with E-state index < -0.39 is 10.0 Å². The normalized spacial score (nSPS) is 13.4. The minimum absolute atomic E-state index is 0.0353. The van der Waals surface area contributed by atoms with Crippen LogP contribution in [0.5, 0.6) is 0 Å². The molecule has 5 heteroatoms. The zero-order valence-corrected chi connectivity index (χ0v) is 12.5. The van der Waals surface area contributed by atoms with Gasteiger partial charge in [0, 0.05) is 6.04 Å². The van der Waals surface area contributed by atoms with Crippen molar-refractivity contribution < 1.29 is 8.42 Å². The summed E-state index contributed by atoms with van der Waals surface area (Å²) in [6, 6.07) is 7.00. The molecule has 0 aliphatic carbocycles. The lowest BCUT2D eigenvalue weighted by atomic mass is 10.1. The monoisotopic (exact) mass is 284 g/mol. The standard InChI is InChI=1S/C14H24N2O2S/c1-3-5-12(2)16-19(17,18)14-9-7-13(8-10-14)6-4-11-15/h7-10,12,16H,3-6,11,15H2,1-2H3. The molecule has 1 atom stereocenters. The fourth-order valence-electron chi connectivity index (χ4n) is 1.97. The van der Waals surface area contributed by atoms with E-state index in [0.717, 1.165) is 31.2 Å². The molecule has 1 aromatic carbocycles. The molecule has 0 aliphatic rings. The maximum atomic E-state index is 12.1. The quantitative estimate of drug-likeness (QED) is 0.767. The number of benzene rings is 1. The number of hydrogen-bond donors (Lipinski definition) is 2. The first-order valence-electron chi connectivity index (χ1n) is 6.81. The van der Waals surface area contributed by atoms with Gasteiger partial charge in [0.15, 0.2) is 0 Å². The number of sulfonamides is 1. The third kappa shape index (κ3) is 5.30. The van der Waals surface area contributed by atoms with Crippen LogP contribution >= 0.6 is 0 Å². The highest BCUT2D eigenvalue weighted by atomic mass is 32.2. The molecular formula is C14H24N2O2S. The van der Waals surface area contributed by atoms with E-state index in [0.29, 0.717) is 11.4 Å². The molecule has 0 aromatic heterocycles. The van der Waals surface area contributed by atoms with Gasteiger partial charge in [-0.3, -0.25) is 0 Å². The molecule has 0 heterocycles. The van der Waals surface area contributed by atoms with Crippen LogP contribution in [0.15, 0.2) is 29.2 Å². The van der Waals surface area contributed by atoms with E-state index in [9.17, 15) is 8.42 Å². The fraction of sp³-hybridized carbons (Fsp3) is 0.571. The lowest BCUT2D eigenvalue weighted by Gasteiger charge is -2.13. The van der Waals surface area contributed by atoms with Crippen molar-refractivity contribution in [3.05, 3.63) is 29.8 Å². The first-order chi connectivity index (χ1) is 8.99. The Bertz CT molecular complexity index is 469. The third-order valence-corrected chi connectivity index (χ3v) is 4.59. The van der Waals surface area contributed by atoms with Crippen LogP contribution in [0.1, 0.15) is 38.7 Å². The van der Waals surface area contributed by atoms with E-state index in [1.165, 1.54) is 0 Å². The van der Waals surface area contributed by atoms with Crippen LogP contribution in [0.2, 0.25) is 0 Å². The molecule has 0 spiro atoms. The van der Waals surface area contributed by atoms with Crippen LogP contribution in [0, 0.1) is 0 Å². The predicted molar refractivity (Wildman–Crippen MR) is 78.5 cm³/mol. The number of rotatable bonds is 8. The number of nitrogens with two attached hydrogens (primary N) is 1. The lowest BCUT2D eigenvalue weighted by Crippen LogP contribution is -2.32.